The van der Waals surface area contributed by atoms with Gasteiger partial charge in [-0.2, -0.15) is 8.78 Å². The van der Waals surface area contributed by atoms with Crippen molar-refractivity contribution >= 4 is 0 Å². The highest BCUT2D eigenvalue weighted by atomic mass is 19.3. The van der Waals surface area contributed by atoms with E-state index in [2.05, 4.69) is 21.6 Å². The minimum absolute atomic E-state index is 0.201. The Balaban J connectivity index is 2.66. The second kappa shape index (κ2) is 3.23. The molecule has 1 rings (SSSR count). The van der Waals surface area contributed by atoms with E-state index in [9.17, 15) is 8.78 Å². The molecule has 1 aromatic rings. The molecule has 1 heterocycles. The quantitative estimate of drug-likeness (QED) is 0.651. The Bertz CT molecular complexity index is 225. The van der Waals surface area contributed by atoms with Crippen LogP contribution in [0.5, 0.6) is 5.88 Å². The number of ether oxygens (including phenoxy) is 1. The van der Waals surface area contributed by atoms with Crippen LogP contribution in [0.15, 0.2) is 12.4 Å². The van der Waals surface area contributed by atoms with Crippen LogP contribution < -0.4 is 4.74 Å². The van der Waals surface area contributed by atoms with Crippen LogP contribution in [-0.4, -0.2) is 16.6 Å². The van der Waals surface area contributed by atoms with Gasteiger partial charge in [0.25, 0.3) is 0 Å². The van der Waals surface area contributed by atoms with E-state index in [1.165, 1.54) is 6.20 Å². The molecule has 0 atom stereocenters. The summed E-state index contributed by atoms with van der Waals surface area (Å²) < 4.78 is 27.0. The maximum absolute atomic E-state index is 11.5. The lowest BCUT2D eigenvalue weighted by atomic mass is 10.5. The molecule has 0 saturated heterocycles. The van der Waals surface area contributed by atoms with Gasteiger partial charge >= 0.3 is 6.61 Å². The highest BCUT2D eigenvalue weighted by molar-refractivity contribution is 5.08. The molecular formula is C6H5F2N2O. The molecule has 0 N–H and O–H groups in total. The van der Waals surface area contributed by atoms with Crippen LogP contribution in [0, 0.1) is 6.92 Å². The van der Waals surface area contributed by atoms with Gasteiger partial charge in [-0.15, -0.1) is 0 Å². The largest absolute Gasteiger partial charge is 0.415 e. The summed E-state index contributed by atoms with van der Waals surface area (Å²) in [4.78, 5) is 7.09. The van der Waals surface area contributed by atoms with Gasteiger partial charge in [-0.3, -0.25) is 4.98 Å². The summed E-state index contributed by atoms with van der Waals surface area (Å²) >= 11 is 0. The third-order valence-corrected chi connectivity index (χ3v) is 0.891. The minimum Gasteiger partial charge on any atom is -0.415 e. The molecule has 0 aliphatic rings. The molecular weight excluding hydrogens is 154 g/mol. The zero-order chi connectivity index (χ0) is 8.27. The van der Waals surface area contributed by atoms with Gasteiger partial charge in [0.2, 0.25) is 5.88 Å². The van der Waals surface area contributed by atoms with E-state index in [-0.39, 0.29) is 5.88 Å². The molecule has 0 spiro atoms. The van der Waals surface area contributed by atoms with Crippen molar-refractivity contribution in [3.8, 4) is 5.88 Å². The Morgan fingerprint density at radius 1 is 1.36 bits per heavy atom. The third kappa shape index (κ3) is 2.45. The van der Waals surface area contributed by atoms with Crippen molar-refractivity contribution in [1.82, 2.24) is 9.97 Å². The predicted octanol–water partition coefficient (Wildman–Crippen LogP) is 1.26. The SMILES string of the molecule is [CH2]c1cnc(OC(F)F)cn1. The molecule has 0 saturated carbocycles. The van der Waals surface area contributed by atoms with Gasteiger partial charge in [-0.05, 0) is 6.92 Å². The van der Waals surface area contributed by atoms with Crippen LogP contribution in [-0.2, 0) is 0 Å². The maximum Gasteiger partial charge on any atom is 0.388 e. The van der Waals surface area contributed by atoms with Crippen molar-refractivity contribution in [1.29, 1.82) is 0 Å². The molecule has 1 aromatic heterocycles. The Kier molecular flexibility index (Phi) is 2.30. The van der Waals surface area contributed by atoms with Crippen LogP contribution in [0.4, 0.5) is 8.78 Å². The summed E-state index contributed by atoms with van der Waals surface area (Å²) in [5.74, 6) is -0.201. The lowest BCUT2D eigenvalue weighted by Gasteiger charge is -2.00. The summed E-state index contributed by atoms with van der Waals surface area (Å²) in [6.07, 6.45) is 2.34. The number of aromatic nitrogens is 2. The zero-order valence-electron chi connectivity index (χ0n) is 5.50. The zero-order valence-corrected chi connectivity index (χ0v) is 5.50. The molecule has 0 aliphatic heterocycles. The molecule has 5 heteroatoms. The summed E-state index contributed by atoms with van der Waals surface area (Å²) in [6, 6.07) is 0. The Labute approximate surface area is 62.0 Å². The van der Waals surface area contributed by atoms with Crippen LogP contribution in [0.25, 0.3) is 0 Å². The molecule has 11 heavy (non-hydrogen) atoms. The van der Waals surface area contributed by atoms with Crippen LogP contribution in [0.3, 0.4) is 0 Å². The first-order chi connectivity index (χ1) is 5.18. The van der Waals surface area contributed by atoms with Gasteiger partial charge in [0.15, 0.2) is 0 Å². The van der Waals surface area contributed by atoms with Crippen LogP contribution in [0.2, 0.25) is 0 Å². The smallest absolute Gasteiger partial charge is 0.388 e. The first kappa shape index (κ1) is 7.84. The monoisotopic (exact) mass is 159 g/mol. The maximum atomic E-state index is 11.5. The number of nitrogens with zero attached hydrogens (tertiary/aromatic N) is 2. The number of alkyl halides is 2. The van der Waals surface area contributed by atoms with Crippen LogP contribution >= 0.6 is 0 Å². The second-order valence-electron chi connectivity index (χ2n) is 1.72. The number of halogens is 2. The fourth-order valence-corrected chi connectivity index (χ4v) is 0.495. The van der Waals surface area contributed by atoms with Crippen molar-refractivity contribution in [3.05, 3.63) is 25.0 Å². The third-order valence-electron chi connectivity index (χ3n) is 0.891. The second-order valence-corrected chi connectivity index (χ2v) is 1.72. The fourth-order valence-electron chi connectivity index (χ4n) is 0.495. The van der Waals surface area contributed by atoms with Gasteiger partial charge < -0.3 is 4.74 Å². The molecule has 0 amide bonds. The van der Waals surface area contributed by atoms with E-state index < -0.39 is 6.61 Å². The Morgan fingerprint density at radius 3 is 2.55 bits per heavy atom. The fraction of sp³-hybridized carbons (Fsp3) is 0.167. The van der Waals surface area contributed by atoms with E-state index in [0.29, 0.717) is 5.69 Å². The molecule has 0 fully saturated rings. The molecule has 1 radical (unpaired) electrons. The average molecular weight is 159 g/mol. The summed E-state index contributed by atoms with van der Waals surface area (Å²) in [5, 5.41) is 0. The molecule has 59 valence electrons. The van der Waals surface area contributed by atoms with Crippen molar-refractivity contribution in [3.63, 3.8) is 0 Å². The lowest BCUT2D eigenvalue weighted by molar-refractivity contribution is -0.0531. The number of hydrogen-bond acceptors (Lipinski definition) is 3. The van der Waals surface area contributed by atoms with E-state index in [4.69, 9.17) is 0 Å². The molecule has 0 aliphatic carbocycles. The summed E-state index contributed by atoms with van der Waals surface area (Å²) in [5.41, 5.74) is 0.409. The lowest BCUT2D eigenvalue weighted by Crippen LogP contribution is -2.03. The first-order valence-corrected chi connectivity index (χ1v) is 2.77. The standard InChI is InChI=1S/C6H5F2N2O/c1-4-2-10-5(3-9-4)11-6(7)8/h2-3,6H,1H2. The van der Waals surface area contributed by atoms with Gasteiger partial charge in [0, 0.05) is 0 Å². The molecule has 0 aromatic carbocycles. The number of rotatable bonds is 2. The summed E-state index contributed by atoms with van der Waals surface area (Å²) in [6.45, 7) is 0.563. The highest BCUT2D eigenvalue weighted by Crippen LogP contribution is 2.06. The Morgan fingerprint density at radius 2 is 2.09 bits per heavy atom. The minimum atomic E-state index is -2.86. The Hall–Kier alpha value is -1.26. The van der Waals surface area contributed by atoms with Crippen molar-refractivity contribution in [2.45, 2.75) is 6.61 Å². The average Bonchev–Trinajstić information content (AvgIpc) is 1.93. The van der Waals surface area contributed by atoms with E-state index in [0.717, 1.165) is 6.20 Å². The summed E-state index contributed by atoms with van der Waals surface area (Å²) in [7, 11) is 0. The topological polar surface area (TPSA) is 35.0 Å². The van der Waals surface area contributed by atoms with Crippen molar-refractivity contribution in [2.75, 3.05) is 0 Å². The van der Waals surface area contributed by atoms with Crippen molar-refractivity contribution < 1.29 is 13.5 Å². The first-order valence-electron chi connectivity index (χ1n) is 2.77. The molecule has 0 bridgehead atoms. The van der Waals surface area contributed by atoms with Gasteiger partial charge in [0.05, 0.1) is 18.1 Å². The number of hydrogen-bond donors (Lipinski definition) is 0. The normalized spacial score (nSPS) is 10.2. The van der Waals surface area contributed by atoms with Gasteiger partial charge in [-0.1, -0.05) is 0 Å². The molecule has 3 nitrogen and oxygen atoms in total. The van der Waals surface area contributed by atoms with E-state index in [1.54, 1.807) is 0 Å². The van der Waals surface area contributed by atoms with Gasteiger partial charge in [0.1, 0.15) is 0 Å². The van der Waals surface area contributed by atoms with Gasteiger partial charge in [-0.25, -0.2) is 4.98 Å². The molecule has 0 unspecified atom stereocenters. The van der Waals surface area contributed by atoms with E-state index >= 15 is 0 Å². The highest BCUT2D eigenvalue weighted by Gasteiger charge is 2.04. The van der Waals surface area contributed by atoms with Crippen molar-refractivity contribution in [2.24, 2.45) is 0 Å². The van der Waals surface area contributed by atoms with Crippen LogP contribution in [0.1, 0.15) is 5.69 Å². The predicted molar refractivity (Wildman–Crippen MR) is 33.1 cm³/mol. The van der Waals surface area contributed by atoms with E-state index in [1.807, 2.05) is 0 Å².